The maximum atomic E-state index is 8.98. The van der Waals surface area contributed by atoms with Crippen LogP contribution in [0.4, 0.5) is 5.69 Å². The molecule has 70 valence electrons. The highest BCUT2D eigenvalue weighted by molar-refractivity contribution is 5.55. The van der Waals surface area contributed by atoms with Gasteiger partial charge in [0, 0.05) is 11.7 Å². The second-order valence-electron chi connectivity index (χ2n) is 3.73. The fourth-order valence-corrected chi connectivity index (χ4v) is 1.78. The third-order valence-electron chi connectivity index (χ3n) is 2.61. The summed E-state index contributed by atoms with van der Waals surface area (Å²) in [7, 11) is 0. The minimum atomic E-state index is 0.128. The molecular formula is C11H15NO. The molecule has 0 radical (unpaired) electrons. The van der Waals surface area contributed by atoms with Crippen LogP contribution in [0.15, 0.2) is 18.2 Å². The van der Waals surface area contributed by atoms with Crippen molar-refractivity contribution in [2.45, 2.75) is 32.4 Å². The average Bonchev–Trinajstić information content (AvgIpc) is 2.16. The van der Waals surface area contributed by atoms with Crippen molar-refractivity contribution in [3.8, 4) is 0 Å². The van der Waals surface area contributed by atoms with Crippen LogP contribution in [0.5, 0.6) is 0 Å². The van der Waals surface area contributed by atoms with E-state index < -0.39 is 0 Å². The smallest absolute Gasteiger partial charge is 0.0682 e. The molecule has 0 saturated carbocycles. The van der Waals surface area contributed by atoms with E-state index in [1.54, 1.807) is 0 Å². The molecule has 0 aliphatic carbocycles. The molecule has 0 saturated heterocycles. The van der Waals surface area contributed by atoms with E-state index in [-0.39, 0.29) is 6.61 Å². The largest absolute Gasteiger partial charge is 0.392 e. The van der Waals surface area contributed by atoms with Crippen LogP contribution in [-0.4, -0.2) is 11.1 Å². The van der Waals surface area contributed by atoms with E-state index in [9.17, 15) is 0 Å². The zero-order chi connectivity index (χ0) is 9.26. The number of aryl methyl sites for hydroxylation is 1. The van der Waals surface area contributed by atoms with Gasteiger partial charge in [0.25, 0.3) is 0 Å². The van der Waals surface area contributed by atoms with Crippen LogP contribution in [-0.2, 0) is 13.0 Å². The Morgan fingerprint density at radius 2 is 2.38 bits per heavy atom. The average molecular weight is 177 g/mol. The number of hydrogen-bond acceptors (Lipinski definition) is 2. The lowest BCUT2D eigenvalue weighted by atomic mass is 9.97. The van der Waals surface area contributed by atoms with Crippen molar-refractivity contribution in [1.29, 1.82) is 0 Å². The Morgan fingerprint density at radius 3 is 3.15 bits per heavy atom. The van der Waals surface area contributed by atoms with E-state index in [2.05, 4.69) is 18.3 Å². The highest BCUT2D eigenvalue weighted by Gasteiger charge is 2.13. The quantitative estimate of drug-likeness (QED) is 0.687. The molecule has 1 aromatic carbocycles. The number of aliphatic hydroxyl groups excluding tert-OH is 1. The predicted molar refractivity (Wildman–Crippen MR) is 53.8 cm³/mol. The van der Waals surface area contributed by atoms with Crippen LogP contribution in [0.2, 0.25) is 0 Å². The molecule has 2 heteroatoms. The van der Waals surface area contributed by atoms with E-state index in [1.807, 2.05) is 12.1 Å². The molecule has 0 fully saturated rings. The third kappa shape index (κ3) is 1.68. The van der Waals surface area contributed by atoms with Gasteiger partial charge in [-0.25, -0.2) is 0 Å². The number of rotatable bonds is 1. The summed E-state index contributed by atoms with van der Waals surface area (Å²) in [5.74, 6) is 0. The first-order valence-corrected chi connectivity index (χ1v) is 4.79. The van der Waals surface area contributed by atoms with Crippen molar-refractivity contribution in [2.75, 3.05) is 5.32 Å². The molecule has 0 aromatic heterocycles. The van der Waals surface area contributed by atoms with Crippen LogP contribution in [0.25, 0.3) is 0 Å². The van der Waals surface area contributed by atoms with Crippen molar-refractivity contribution in [3.63, 3.8) is 0 Å². The summed E-state index contributed by atoms with van der Waals surface area (Å²) in [6, 6.07) is 6.71. The zero-order valence-corrected chi connectivity index (χ0v) is 7.88. The molecule has 0 amide bonds. The van der Waals surface area contributed by atoms with Crippen LogP contribution < -0.4 is 5.32 Å². The summed E-state index contributed by atoms with van der Waals surface area (Å²) in [5.41, 5.74) is 3.56. The number of aliphatic hydroxyl groups is 1. The molecule has 2 rings (SSSR count). The predicted octanol–water partition coefficient (Wildman–Crippen LogP) is 1.93. The van der Waals surface area contributed by atoms with Crippen LogP contribution in [0.3, 0.4) is 0 Å². The molecule has 1 heterocycles. The monoisotopic (exact) mass is 177 g/mol. The first kappa shape index (κ1) is 8.57. The van der Waals surface area contributed by atoms with Crippen molar-refractivity contribution in [3.05, 3.63) is 29.3 Å². The number of benzene rings is 1. The van der Waals surface area contributed by atoms with Crippen molar-refractivity contribution < 1.29 is 5.11 Å². The van der Waals surface area contributed by atoms with Crippen molar-refractivity contribution in [1.82, 2.24) is 0 Å². The van der Waals surface area contributed by atoms with E-state index in [4.69, 9.17) is 5.11 Å². The van der Waals surface area contributed by atoms with Gasteiger partial charge in [-0.3, -0.25) is 0 Å². The second-order valence-corrected chi connectivity index (χ2v) is 3.73. The zero-order valence-electron chi connectivity index (χ0n) is 7.88. The fraction of sp³-hybridized carbons (Fsp3) is 0.455. The molecule has 1 aliphatic heterocycles. The summed E-state index contributed by atoms with van der Waals surface area (Å²) >= 11 is 0. The third-order valence-corrected chi connectivity index (χ3v) is 2.61. The number of nitrogens with one attached hydrogen (secondary N) is 1. The number of fused-ring (bicyclic) bond motifs is 1. The van der Waals surface area contributed by atoms with Gasteiger partial charge in [-0.2, -0.15) is 0 Å². The molecule has 2 nitrogen and oxygen atoms in total. The van der Waals surface area contributed by atoms with Gasteiger partial charge in [-0.15, -0.1) is 0 Å². The van der Waals surface area contributed by atoms with E-state index in [1.165, 1.54) is 17.7 Å². The lowest BCUT2D eigenvalue weighted by Crippen LogP contribution is -2.21. The van der Waals surface area contributed by atoms with Gasteiger partial charge in [0.1, 0.15) is 0 Å². The molecule has 1 aromatic rings. The summed E-state index contributed by atoms with van der Waals surface area (Å²) < 4.78 is 0. The first-order chi connectivity index (χ1) is 6.29. The van der Waals surface area contributed by atoms with E-state index in [0.717, 1.165) is 12.0 Å². The van der Waals surface area contributed by atoms with Gasteiger partial charge < -0.3 is 10.4 Å². The molecule has 1 atom stereocenters. The minimum Gasteiger partial charge on any atom is -0.392 e. The topological polar surface area (TPSA) is 32.3 Å². The van der Waals surface area contributed by atoms with E-state index >= 15 is 0 Å². The molecule has 0 spiro atoms. The molecule has 0 bridgehead atoms. The Hall–Kier alpha value is -1.02. The van der Waals surface area contributed by atoms with Crippen LogP contribution in [0.1, 0.15) is 24.5 Å². The second kappa shape index (κ2) is 3.38. The summed E-state index contributed by atoms with van der Waals surface area (Å²) in [6.07, 6.45) is 2.35. The van der Waals surface area contributed by atoms with Crippen LogP contribution in [0, 0.1) is 0 Å². The van der Waals surface area contributed by atoms with Gasteiger partial charge >= 0.3 is 0 Å². The standard InChI is InChI=1S/C11H15NO/c1-8-2-4-10-5-3-9(7-13)6-11(10)12-8/h3,5-6,8,12-13H,2,4,7H2,1H3/t8-/m0/s1. The summed E-state index contributed by atoms with van der Waals surface area (Å²) in [4.78, 5) is 0. The van der Waals surface area contributed by atoms with Gasteiger partial charge in [-0.05, 0) is 37.0 Å². The molecule has 0 unspecified atom stereocenters. The van der Waals surface area contributed by atoms with E-state index in [0.29, 0.717) is 6.04 Å². The molecular weight excluding hydrogens is 162 g/mol. The fourth-order valence-electron chi connectivity index (χ4n) is 1.78. The number of anilines is 1. The number of hydrogen-bond donors (Lipinski definition) is 2. The Kier molecular flexibility index (Phi) is 2.23. The Balaban J connectivity index is 2.32. The van der Waals surface area contributed by atoms with Crippen LogP contribution >= 0.6 is 0 Å². The minimum absolute atomic E-state index is 0.128. The summed E-state index contributed by atoms with van der Waals surface area (Å²) in [5, 5.41) is 12.4. The maximum absolute atomic E-state index is 8.98. The molecule has 2 N–H and O–H groups in total. The SMILES string of the molecule is C[C@H]1CCc2ccc(CO)cc2N1. The maximum Gasteiger partial charge on any atom is 0.0682 e. The molecule has 1 aliphatic rings. The Morgan fingerprint density at radius 1 is 1.54 bits per heavy atom. The Bertz CT molecular complexity index is 309. The van der Waals surface area contributed by atoms with Crippen molar-refractivity contribution >= 4 is 5.69 Å². The van der Waals surface area contributed by atoms with Gasteiger partial charge in [0.2, 0.25) is 0 Å². The summed E-state index contributed by atoms with van der Waals surface area (Å²) in [6.45, 7) is 2.32. The molecule has 13 heavy (non-hydrogen) atoms. The first-order valence-electron chi connectivity index (χ1n) is 4.79. The van der Waals surface area contributed by atoms with Gasteiger partial charge in [-0.1, -0.05) is 12.1 Å². The van der Waals surface area contributed by atoms with Gasteiger partial charge in [0.05, 0.1) is 6.61 Å². The normalized spacial score (nSPS) is 20.6. The highest BCUT2D eigenvalue weighted by Crippen LogP contribution is 2.25. The highest BCUT2D eigenvalue weighted by atomic mass is 16.3. The lowest BCUT2D eigenvalue weighted by molar-refractivity contribution is 0.282. The lowest BCUT2D eigenvalue weighted by Gasteiger charge is -2.24. The van der Waals surface area contributed by atoms with Crippen molar-refractivity contribution in [2.24, 2.45) is 0 Å². The Labute approximate surface area is 78.6 Å². The van der Waals surface area contributed by atoms with Gasteiger partial charge in [0.15, 0.2) is 0 Å².